The molecule has 0 atom stereocenters. The van der Waals surface area contributed by atoms with E-state index in [1.807, 2.05) is 0 Å². The van der Waals surface area contributed by atoms with Crippen LogP contribution in [0.1, 0.15) is 363 Å². The zero-order valence-corrected chi connectivity index (χ0v) is 57.8. The topological polar surface area (TPSA) is 141 Å². The third kappa shape index (κ3) is 72.5. The highest BCUT2D eigenvalue weighted by Gasteiger charge is 2.29. The molecule has 82 heavy (non-hydrogen) atoms. The molecule has 0 spiro atoms. The lowest BCUT2D eigenvalue weighted by Gasteiger charge is -2.30. The van der Waals surface area contributed by atoms with Gasteiger partial charge in [0.2, 0.25) is 0 Å². The summed E-state index contributed by atoms with van der Waals surface area (Å²) in [6.07, 6.45) is 66.4. The molecule has 0 fully saturated rings. The Morgan fingerprint density at radius 2 is 0.378 bits per heavy atom. The van der Waals surface area contributed by atoms with E-state index in [0.717, 1.165) is 0 Å². The molecule has 0 radical (unpaired) electrons. The van der Waals surface area contributed by atoms with E-state index in [4.69, 9.17) is 5.11 Å². The SMILES string of the molecule is CCCCCCCCCC[N+](C)(C)CCCCCCCCCC.CCCCCCCCCC[N+](C)(C)CCCCCCCCCC.CCCCCCCCCC[N+](C)(C)CCCCCCCCCC.O=C([O-])CC(O)(CC(=O)[O-])C(=O)[O-]. The molecule has 0 aliphatic rings. The van der Waals surface area contributed by atoms with Crippen molar-refractivity contribution in [2.75, 3.05) is 81.6 Å². The average molecular weight is 1170 g/mol. The van der Waals surface area contributed by atoms with Gasteiger partial charge in [0.15, 0.2) is 0 Å². The fraction of sp³-hybridized carbons (Fsp3) is 0.958. The molecule has 494 valence electrons. The van der Waals surface area contributed by atoms with Crippen molar-refractivity contribution < 1.29 is 48.3 Å². The summed E-state index contributed by atoms with van der Waals surface area (Å²) in [4.78, 5) is 30.0. The summed E-state index contributed by atoms with van der Waals surface area (Å²) >= 11 is 0. The van der Waals surface area contributed by atoms with Crippen LogP contribution in [0.4, 0.5) is 0 Å². The van der Waals surface area contributed by atoms with E-state index in [-0.39, 0.29) is 0 Å². The third-order valence-corrected chi connectivity index (χ3v) is 17.0. The first-order valence-corrected chi connectivity index (χ1v) is 35.9. The molecule has 0 saturated carbocycles. The quantitative estimate of drug-likeness (QED) is 0.0472. The monoisotopic (exact) mass is 1170 g/mol. The summed E-state index contributed by atoms with van der Waals surface area (Å²) in [6.45, 7) is 22.1. The van der Waals surface area contributed by atoms with E-state index < -0.39 is 36.4 Å². The normalized spacial score (nSPS) is 11.8. The minimum atomic E-state index is -2.97. The average Bonchev–Trinajstić information content (AvgIpc) is 3.44. The van der Waals surface area contributed by atoms with Crippen molar-refractivity contribution in [2.45, 2.75) is 368 Å². The standard InChI is InChI=1S/3C22H48N.C6H8O7/c3*1-5-7-9-11-13-15-17-19-21-23(3,4)22-20-18-16-14-12-10-8-6-2;7-3(8)1-6(13,5(11)12)2-4(9)10/h3*5-22H2,1-4H3;13H,1-2H2,(H,7,8)(H,9,10)(H,11,12)/q3*+1;/p-3. The van der Waals surface area contributed by atoms with Gasteiger partial charge in [0.05, 0.1) is 87.5 Å². The predicted molar refractivity (Wildman–Crippen MR) is 350 cm³/mol. The molecule has 0 aromatic heterocycles. The second-order valence-corrected chi connectivity index (χ2v) is 27.4. The van der Waals surface area contributed by atoms with E-state index in [1.165, 1.54) is 361 Å². The number of rotatable bonds is 59. The zero-order valence-electron chi connectivity index (χ0n) is 57.8. The Labute approximate surface area is 513 Å². The van der Waals surface area contributed by atoms with Crippen LogP contribution in [0, 0.1) is 0 Å². The first-order chi connectivity index (χ1) is 39.1. The van der Waals surface area contributed by atoms with E-state index in [2.05, 4.69) is 83.8 Å². The van der Waals surface area contributed by atoms with Crippen LogP contribution >= 0.6 is 0 Å². The van der Waals surface area contributed by atoms with Crippen LogP contribution in [0.15, 0.2) is 0 Å². The minimum Gasteiger partial charge on any atom is -0.550 e. The summed E-state index contributed by atoms with van der Waals surface area (Å²) in [5.41, 5.74) is -2.97. The van der Waals surface area contributed by atoms with Gasteiger partial charge in [-0.3, -0.25) is 0 Å². The highest BCUT2D eigenvalue weighted by Crippen LogP contribution is 2.18. The zero-order chi connectivity index (χ0) is 62.3. The second kappa shape index (κ2) is 63.7. The largest absolute Gasteiger partial charge is 0.550 e. The maximum Gasteiger partial charge on any atom is 0.114 e. The Kier molecular flexibility index (Phi) is 67.4. The molecule has 0 aliphatic carbocycles. The number of carbonyl (C=O) groups excluding carboxylic acids is 3. The van der Waals surface area contributed by atoms with Crippen LogP contribution < -0.4 is 15.3 Å². The number of hydrogen-bond acceptors (Lipinski definition) is 7. The lowest BCUT2D eigenvalue weighted by Crippen LogP contribution is -2.54. The van der Waals surface area contributed by atoms with E-state index in [0.29, 0.717) is 0 Å². The van der Waals surface area contributed by atoms with Gasteiger partial charge in [0, 0.05) is 24.8 Å². The van der Waals surface area contributed by atoms with Crippen LogP contribution in [-0.4, -0.2) is 124 Å². The first kappa shape index (κ1) is 86.7. The molecule has 0 amide bonds. The van der Waals surface area contributed by atoms with Crippen LogP contribution in [-0.2, 0) is 14.4 Å². The predicted octanol–water partition coefficient (Wildman–Crippen LogP) is 16.8. The van der Waals surface area contributed by atoms with Crippen LogP contribution in [0.2, 0.25) is 0 Å². The number of carboxylic acids is 3. The smallest absolute Gasteiger partial charge is 0.114 e. The Bertz CT molecular complexity index is 1130. The highest BCUT2D eigenvalue weighted by atomic mass is 16.4. The minimum absolute atomic E-state index is 1.24. The molecule has 0 aliphatic heterocycles. The van der Waals surface area contributed by atoms with Crippen molar-refractivity contribution in [1.82, 2.24) is 0 Å². The van der Waals surface area contributed by atoms with Crippen molar-refractivity contribution in [3.8, 4) is 0 Å². The Balaban J connectivity index is -0.000000504. The van der Waals surface area contributed by atoms with E-state index >= 15 is 0 Å². The van der Waals surface area contributed by atoms with Crippen molar-refractivity contribution in [3.05, 3.63) is 0 Å². The number of nitrogens with zero attached hydrogens (tertiary/aromatic N) is 3. The summed E-state index contributed by atoms with van der Waals surface area (Å²) in [5, 5.41) is 38.9. The maximum atomic E-state index is 10.1. The van der Waals surface area contributed by atoms with Crippen LogP contribution in [0.25, 0.3) is 0 Å². The lowest BCUT2D eigenvalue weighted by atomic mass is 9.96. The van der Waals surface area contributed by atoms with Gasteiger partial charge in [-0.05, 0) is 77.0 Å². The summed E-state index contributed by atoms with van der Waals surface area (Å²) in [6, 6.07) is 0. The molecule has 0 rings (SSSR count). The van der Waals surface area contributed by atoms with Gasteiger partial charge in [0.25, 0.3) is 0 Å². The fourth-order valence-corrected chi connectivity index (χ4v) is 11.1. The van der Waals surface area contributed by atoms with Gasteiger partial charge in [0.1, 0.15) is 5.60 Å². The molecule has 1 N–H and O–H groups in total. The Hall–Kier alpha value is -1.75. The van der Waals surface area contributed by atoms with Gasteiger partial charge in [-0.1, -0.05) is 273 Å². The molecule has 0 bridgehead atoms. The highest BCUT2D eigenvalue weighted by molar-refractivity contribution is 5.86. The van der Waals surface area contributed by atoms with Crippen LogP contribution in [0.3, 0.4) is 0 Å². The van der Waals surface area contributed by atoms with Crippen molar-refractivity contribution >= 4 is 17.9 Å². The second-order valence-electron chi connectivity index (χ2n) is 27.4. The molecular weight excluding hydrogens is 1020 g/mol. The van der Waals surface area contributed by atoms with Gasteiger partial charge >= 0.3 is 0 Å². The van der Waals surface area contributed by atoms with Crippen molar-refractivity contribution in [2.24, 2.45) is 0 Å². The number of aliphatic hydroxyl groups is 1. The van der Waals surface area contributed by atoms with E-state index in [1.54, 1.807) is 0 Å². The number of quaternary nitrogens is 3. The van der Waals surface area contributed by atoms with E-state index in [9.17, 15) is 29.7 Å². The number of hydrogen-bond donors (Lipinski definition) is 1. The first-order valence-electron chi connectivity index (χ1n) is 35.9. The number of unbranched alkanes of at least 4 members (excludes halogenated alkanes) is 42. The van der Waals surface area contributed by atoms with Crippen molar-refractivity contribution in [3.63, 3.8) is 0 Å². The molecule has 0 saturated heterocycles. The number of carboxylic acid groups (broad SMARTS) is 3. The lowest BCUT2D eigenvalue weighted by molar-refractivity contribution is -0.890. The summed E-state index contributed by atoms with van der Waals surface area (Å²) in [5.74, 6) is -5.98. The molecule has 10 nitrogen and oxygen atoms in total. The fourth-order valence-electron chi connectivity index (χ4n) is 11.1. The molecule has 0 aromatic carbocycles. The van der Waals surface area contributed by atoms with Gasteiger partial charge < -0.3 is 48.3 Å². The number of aliphatic carboxylic acids is 3. The molecule has 0 aromatic rings. The van der Waals surface area contributed by atoms with Crippen molar-refractivity contribution in [1.29, 1.82) is 0 Å². The Morgan fingerprint density at radius 1 is 0.256 bits per heavy atom. The number of carbonyl (C=O) groups is 3. The molecule has 0 heterocycles. The van der Waals surface area contributed by atoms with Gasteiger partial charge in [-0.25, -0.2) is 0 Å². The molecule has 10 heteroatoms. The van der Waals surface area contributed by atoms with Gasteiger partial charge in [-0.15, -0.1) is 0 Å². The molecular formula is C72H149N3O7. The molecule has 0 unspecified atom stereocenters. The summed E-state index contributed by atoms with van der Waals surface area (Å²) < 4.78 is 3.73. The Morgan fingerprint density at radius 3 is 0.488 bits per heavy atom. The maximum absolute atomic E-state index is 10.1. The summed E-state index contributed by atoms with van der Waals surface area (Å²) in [7, 11) is 14.6. The van der Waals surface area contributed by atoms with Gasteiger partial charge in [-0.2, -0.15) is 0 Å². The van der Waals surface area contributed by atoms with Crippen LogP contribution in [0.5, 0.6) is 0 Å². The third-order valence-electron chi connectivity index (χ3n) is 17.0.